The minimum atomic E-state index is -4.14. The molecular formula is C27H35Cl2FN4O4S. The Morgan fingerprint density at radius 2 is 1.67 bits per heavy atom. The molecule has 0 unspecified atom stereocenters. The lowest BCUT2D eigenvalue weighted by Gasteiger charge is -2.35. The quantitative estimate of drug-likeness (QED) is 0.393. The molecule has 0 aromatic heterocycles. The molecule has 0 bridgehead atoms. The Morgan fingerprint density at radius 1 is 1.03 bits per heavy atom. The van der Waals surface area contributed by atoms with Crippen LogP contribution in [0.15, 0.2) is 42.5 Å². The molecule has 214 valence electrons. The van der Waals surface area contributed by atoms with Gasteiger partial charge in [-0.25, -0.2) is 8.70 Å². The second-order valence-corrected chi connectivity index (χ2v) is 12.7. The molecule has 0 aliphatic heterocycles. The summed E-state index contributed by atoms with van der Waals surface area (Å²) in [7, 11) is -1.45. The summed E-state index contributed by atoms with van der Waals surface area (Å²) in [5.74, 6) is -1.43. The first kappa shape index (κ1) is 31.1. The van der Waals surface area contributed by atoms with Crippen LogP contribution >= 0.6 is 23.2 Å². The van der Waals surface area contributed by atoms with E-state index in [0.717, 1.165) is 52.8 Å². The van der Waals surface area contributed by atoms with Gasteiger partial charge in [-0.2, -0.15) is 12.7 Å². The number of carbonyl (C=O) groups excluding carboxylic acids is 2. The van der Waals surface area contributed by atoms with Crippen LogP contribution in [-0.2, 0) is 26.3 Å². The van der Waals surface area contributed by atoms with Crippen LogP contribution in [0.4, 0.5) is 10.1 Å². The molecule has 2 aromatic rings. The second-order valence-electron chi connectivity index (χ2n) is 9.81. The minimum absolute atomic E-state index is 0.00554. The third-order valence-electron chi connectivity index (χ3n) is 6.81. The number of carbonyl (C=O) groups is 2. The SMILES string of the molecule is CC[C@H](C(=O)NC1CCCCC1)N(Cc1ccc(Cl)c(Cl)c1)C(=O)CN(c1ccc(F)cc1)S(=O)(=O)N(C)C. The molecule has 39 heavy (non-hydrogen) atoms. The predicted molar refractivity (Wildman–Crippen MR) is 152 cm³/mol. The molecule has 12 heteroatoms. The molecule has 1 atom stereocenters. The highest BCUT2D eigenvalue weighted by Gasteiger charge is 2.34. The van der Waals surface area contributed by atoms with E-state index in [0.29, 0.717) is 22.0 Å². The van der Waals surface area contributed by atoms with Crippen LogP contribution in [-0.4, -0.2) is 62.2 Å². The van der Waals surface area contributed by atoms with Crippen molar-refractivity contribution in [1.29, 1.82) is 0 Å². The number of hydrogen-bond donors (Lipinski definition) is 1. The van der Waals surface area contributed by atoms with Crippen LogP contribution < -0.4 is 9.62 Å². The summed E-state index contributed by atoms with van der Waals surface area (Å²) in [5, 5.41) is 3.73. The van der Waals surface area contributed by atoms with Gasteiger partial charge in [0.25, 0.3) is 0 Å². The van der Waals surface area contributed by atoms with Gasteiger partial charge in [-0.05, 0) is 61.2 Å². The van der Waals surface area contributed by atoms with Gasteiger partial charge in [0.15, 0.2) is 0 Å². The number of anilines is 1. The van der Waals surface area contributed by atoms with Crippen LogP contribution in [0, 0.1) is 5.82 Å². The van der Waals surface area contributed by atoms with Gasteiger partial charge in [-0.1, -0.05) is 55.5 Å². The van der Waals surface area contributed by atoms with Gasteiger partial charge in [-0.15, -0.1) is 0 Å². The fourth-order valence-electron chi connectivity index (χ4n) is 4.62. The van der Waals surface area contributed by atoms with Crippen molar-refractivity contribution in [1.82, 2.24) is 14.5 Å². The van der Waals surface area contributed by atoms with E-state index in [2.05, 4.69) is 5.32 Å². The number of benzene rings is 2. The number of halogens is 3. The summed E-state index contributed by atoms with van der Waals surface area (Å²) < 4.78 is 41.9. The third-order valence-corrected chi connectivity index (χ3v) is 9.37. The Kier molecular flexibility index (Phi) is 11.0. The van der Waals surface area contributed by atoms with Crippen LogP contribution in [0.2, 0.25) is 10.0 Å². The third kappa shape index (κ3) is 8.06. The van der Waals surface area contributed by atoms with Gasteiger partial charge < -0.3 is 10.2 Å². The van der Waals surface area contributed by atoms with Gasteiger partial charge in [0.2, 0.25) is 11.8 Å². The Bertz CT molecular complexity index is 1250. The van der Waals surface area contributed by atoms with Gasteiger partial charge in [0.05, 0.1) is 15.7 Å². The van der Waals surface area contributed by atoms with E-state index in [-0.39, 0.29) is 24.2 Å². The molecule has 0 radical (unpaired) electrons. The predicted octanol–water partition coefficient (Wildman–Crippen LogP) is 5.00. The van der Waals surface area contributed by atoms with Gasteiger partial charge in [0.1, 0.15) is 18.4 Å². The summed E-state index contributed by atoms with van der Waals surface area (Å²) >= 11 is 12.3. The zero-order valence-electron chi connectivity index (χ0n) is 22.4. The fourth-order valence-corrected chi connectivity index (χ4v) is 6.00. The summed E-state index contributed by atoms with van der Waals surface area (Å²) in [6, 6.07) is 8.93. The highest BCUT2D eigenvalue weighted by molar-refractivity contribution is 7.90. The lowest BCUT2D eigenvalue weighted by atomic mass is 9.95. The van der Waals surface area contributed by atoms with Gasteiger partial charge in [0, 0.05) is 26.7 Å². The summed E-state index contributed by atoms with van der Waals surface area (Å²) in [6.45, 7) is 1.21. The average molecular weight is 602 g/mol. The van der Waals surface area contributed by atoms with Gasteiger partial charge in [-0.3, -0.25) is 9.59 Å². The maximum atomic E-state index is 13.9. The molecule has 2 aromatic carbocycles. The molecule has 1 aliphatic carbocycles. The van der Waals surface area contributed by atoms with E-state index in [1.54, 1.807) is 25.1 Å². The van der Waals surface area contributed by atoms with E-state index in [4.69, 9.17) is 23.2 Å². The Labute approximate surface area is 240 Å². The smallest absolute Gasteiger partial charge is 0.304 e. The van der Waals surface area contributed by atoms with Crippen molar-refractivity contribution in [3.63, 3.8) is 0 Å². The van der Waals surface area contributed by atoms with Crippen molar-refractivity contribution in [2.45, 2.75) is 64.1 Å². The number of rotatable bonds is 11. The largest absolute Gasteiger partial charge is 0.352 e. The zero-order valence-corrected chi connectivity index (χ0v) is 24.7. The Balaban J connectivity index is 1.97. The molecule has 1 N–H and O–H groups in total. The summed E-state index contributed by atoms with van der Waals surface area (Å²) in [4.78, 5) is 28.7. The molecule has 0 saturated heterocycles. The molecule has 1 aliphatic rings. The molecule has 1 fully saturated rings. The van der Waals surface area contributed by atoms with Crippen molar-refractivity contribution in [2.24, 2.45) is 0 Å². The maximum absolute atomic E-state index is 13.9. The van der Waals surface area contributed by atoms with Crippen molar-refractivity contribution in [3.05, 3.63) is 63.9 Å². The monoisotopic (exact) mass is 600 g/mol. The number of nitrogens with zero attached hydrogens (tertiary/aromatic N) is 3. The van der Waals surface area contributed by atoms with E-state index in [1.807, 2.05) is 0 Å². The topological polar surface area (TPSA) is 90.0 Å². The van der Waals surface area contributed by atoms with Gasteiger partial charge >= 0.3 is 10.2 Å². The highest BCUT2D eigenvalue weighted by Crippen LogP contribution is 2.26. The van der Waals surface area contributed by atoms with Crippen LogP contribution in [0.25, 0.3) is 0 Å². The first-order chi connectivity index (χ1) is 18.4. The van der Waals surface area contributed by atoms with Crippen LogP contribution in [0.1, 0.15) is 51.0 Å². The first-order valence-electron chi connectivity index (χ1n) is 12.9. The molecule has 1 saturated carbocycles. The molecule has 8 nitrogen and oxygen atoms in total. The fraction of sp³-hybridized carbons (Fsp3) is 0.481. The van der Waals surface area contributed by atoms with Crippen molar-refractivity contribution < 1.29 is 22.4 Å². The van der Waals surface area contributed by atoms with E-state index in [9.17, 15) is 22.4 Å². The Hall–Kier alpha value is -2.40. The van der Waals surface area contributed by atoms with E-state index >= 15 is 0 Å². The van der Waals surface area contributed by atoms with E-state index < -0.39 is 34.5 Å². The summed E-state index contributed by atoms with van der Waals surface area (Å²) in [6.07, 6.45) is 5.25. The van der Waals surface area contributed by atoms with Crippen LogP contribution in [0.5, 0.6) is 0 Å². The minimum Gasteiger partial charge on any atom is -0.352 e. The first-order valence-corrected chi connectivity index (χ1v) is 15.1. The van der Waals surface area contributed by atoms with Crippen molar-refractivity contribution in [3.8, 4) is 0 Å². The maximum Gasteiger partial charge on any atom is 0.304 e. The average Bonchev–Trinajstić information content (AvgIpc) is 2.90. The number of amides is 2. The lowest BCUT2D eigenvalue weighted by molar-refractivity contribution is -0.140. The molecule has 0 heterocycles. The number of hydrogen-bond acceptors (Lipinski definition) is 4. The lowest BCUT2D eigenvalue weighted by Crippen LogP contribution is -2.54. The van der Waals surface area contributed by atoms with Crippen LogP contribution in [0.3, 0.4) is 0 Å². The summed E-state index contributed by atoms with van der Waals surface area (Å²) in [5.41, 5.74) is 0.748. The standard InChI is InChI=1S/C27H35Cl2FN4O4S/c1-4-25(27(36)31-21-8-6-5-7-9-21)33(17-19-10-15-23(28)24(29)16-19)26(35)18-34(39(37,38)32(2)3)22-13-11-20(30)12-14-22/h10-16,21,25H,4-9,17-18H2,1-3H3,(H,31,36)/t25-/m1/s1. The zero-order chi connectivity index (χ0) is 28.7. The second kappa shape index (κ2) is 13.8. The number of nitrogens with one attached hydrogen (secondary N) is 1. The molecule has 0 spiro atoms. The Morgan fingerprint density at radius 3 is 2.23 bits per heavy atom. The molecular weight excluding hydrogens is 566 g/mol. The van der Waals surface area contributed by atoms with Crippen molar-refractivity contribution in [2.75, 3.05) is 24.9 Å². The van der Waals surface area contributed by atoms with Crippen molar-refractivity contribution >= 4 is 50.9 Å². The molecule has 3 rings (SSSR count). The highest BCUT2D eigenvalue weighted by atomic mass is 35.5. The normalized spacial score (nSPS) is 15.2. The molecule has 2 amide bonds. The van der Waals surface area contributed by atoms with E-state index in [1.165, 1.54) is 31.1 Å².